The predicted octanol–water partition coefficient (Wildman–Crippen LogP) is 1.54. The lowest BCUT2D eigenvalue weighted by Crippen LogP contribution is -2.52. The minimum absolute atomic E-state index is 0.366. The molecule has 100 valence electrons. The van der Waals surface area contributed by atoms with Gasteiger partial charge in [-0.1, -0.05) is 12.1 Å². The van der Waals surface area contributed by atoms with Crippen LogP contribution < -0.4 is 15.8 Å². The minimum Gasteiger partial charge on any atom is -0.493 e. The molecule has 1 amide bonds. The molecule has 4 heteroatoms. The number of amides is 1. The van der Waals surface area contributed by atoms with Gasteiger partial charge in [0.2, 0.25) is 5.91 Å². The fourth-order valence-electron chi connectivity index (χ4n) is 1.62. The van der Waals surface area contributed by atoms with E-state index in [1.807, 2.05) is 32.0 Å². The van der Waals surface area contributed by atoms with Crippen molar-refractivity contribution < 1.29 is 9.53 Å². The summed E-state index contributed by atoms with van der Waals surface area (Å²) in [6.45, 7) is 6.30. The van der Waals surface area contributed by atoms with Crippen LogP contribution in [0.4, 0.5) is 0 Å². The van der Waals surface area contributed by atoms with Gasteiger partial charge >= 0.3 is 0 Å². The lowest BCUT2D eigenvalue weighted by molar-refractivity contribution is -0.124. The van der Waals surface area contributed by atoms with E-state index in [1.54, 1.807) is 14.0 Å². The number of rotatable bonds is 6. The Kier molecular flexibility index (Phi) is 4.73. The first kappa shape index (κ1) is 14.5. The van der Waals surface area contributed by atoms with Gasteiger partial charge < -0.3 is 15.8 Å². The van der Waals surface area contributed by atoms with Gasteiger partial charge in [-0.25, -0.2) is 0 Å². The summed E-state index contributed by atoms with van der Waals surface area (Å²) in [5, 5.41) is 2.94. The highest BCUT2D eigenvalue weighted by Crippen LogP contribution is 2.21. The van der Waals surface area contributed by atoms with E-state index >= 15 is 0 Å². The van der Waals surface area contributed by atoms with E-state index in [2.05, 4.69) is 5.32 Å². The highest BCUT2D eigenvalue weighted by Gasteiger charge is 2.28. The summed E-state index contributed by atoms with van der Waals surface area (Å²) in [5.74, 6) is 0.493. The van der Waals surface area contributed by atoms with Gasteiger partial charge in [-0.15, -0.1) is 0 Å². The summed E-state index contributed by atoms with van der Waals surface area (Å²) in [5.41, 5.74) is 6.95. The van der Waals surface area contributed by atoms with Gasteiger partial charge in [0.15, 0.2) is 0 Å². The summed E-state index contributed by atoms with van der Waals surface area (Å²) < 4.78 is 5.72. The molecular weight excluding hydrogens is 228 g/mol. The van der Waals surface area contributed by atoms with Crippen LogP contribution in [0.15, 0.2) is 18.2 Å². The van der Waals surface area contributed by atoms with Gasteiger partial charge in [-0.05, 0) is 45.0 Å². The topological polar surface area (TPSA) is 64.3 Å². The van der Waals surface area contributed by atoms with Crippen LogP contribution in [-0.2, 0) is 4.79 Å². The maximum Gasteiger partial charge on any atom is 0.237 e. The molecule has 4 nitrogen and oxygen atoms in total. The molecular formula is C14H22N2O2. The van der Waals surface area contributed by atoms with Crippen molar-refractivity contribution in [3.8, 4) is 5.75 Å². The molecule has 0 aliphatic carbocycles. The molecule has 18 heavy (non-hydrogen) atoms. The van der Waals surface area contributed by atoms with Crippen LogP contribution in [0.5, 0.6) is 5.75 Å². The molecule has 0 fully saturated rings. The highest BCUT2D eigenvalue weighted by atomic mass is 16.5. The molecule has 0 radical (unpaired) electrons. The lowest BCUT2D eigenvalue weighted by Gasteiger charge is -2.25. The smallest absolute Gasteiger partial charge is 0.237 e. The number of nitrogens with one attached hydrogen (secondary N) is 1. The fourth-order valence-corrected chi connectivity index (χ4v) is 1.62. The maximum atomic E-state index is 11.3. The zero-order chi connectivity index (χ0) is 13.8. The summed E-state index contributed by atoms with van der Waals surface area (Å²) in [6, 6.07) is 5.94. The third kappa shape index (κ3) is 3.23. The number of likely N-dealkylation sites (N-methyl/N-ethyl adjacent to an activating group) is 1. The number of primary amides is 1. The van der Waals surface area contributed by atoms with Crippen molar-refractivity contribution in [3.05, 3.63) is 29.3 Å². The van der Waals surface area contributed by atoms with Crippen LogP contribution in [0, 0.1) is 13.8 Å². The van der Waals surface area contributed by atoms with Crippen LogP contribution in [-0.4, -0.2) is 25.1 Å². The molecule has 0 heterocycles. The molecule has 0 aromatic heterocycles. The van der Waals surface area contributed by atoms with E-state index in [9.17, 15) is 4.79 Å². The molecule has 1 aromatic carbocycles. The van der Waals surface area contributed by atoms with E-state index in [0.29, 0.717) is 13.0 Å². The maximum absolute atomic E-state index is 11.3. The van der Waals surface area contributed by atoms with Gasteiger partial charge in [0.1, 0.15) is 5.75 Å². The van der Waals surface area contributed by atoms with E-state index in [-0.39, 0.29) is 5.91 Å². The third-order valence-electron chi connectivity index (χ3n) is 3.51. The van der Waals surface area contributed by atoms with Gasteiger partial charge in [-0.2, -0.15) is 0 Å². The number of carbonyl (C=O) groups excluding carboxylic acids is 1. The molecule has 1 atom stereocenters. The molecule has 1 unspecified atom stereocenters. The average Bonchev–Trinajstić information content (AvgIpc) is 2.34. The summed E-state index contributed by atoms with van der Waals surface area (Å²) in [6.07, 6.45) is 0.534. The van der Waals surface area contributed by atoms with Crippen molar-refractivity contribution in [3.63, 3.8) is 0 Å². The standard InChI is InChI=1S/C14H22N2O2/c1-10-6-5-7-12(11(10)2)18-9-8-14(3,16-4)13(15)17/h5-7,16H,8-9H2,1-4H3,(H2,15,17). The van der Waals surface area contributed by atoms with E-state index in [0.717, 1.165) is 11.3 Å². The SMILES string of the molecule is CNC(C)(CCOc1cccc(C)c1C)C(N)=O. The molecule has 1 rings (SSSR count). The Balaban J connectivity index is 2.61. The fraction of sp³-hybridized carbons (Fsp3) is 0.500. The average molecular weight is 250 g/mol. The summed E-state index contributed by atoms with van der Waals surface area (Å²) in [7, 11) is 1.72. The molecule has 1 aromatic rings. The first-order valence-corrected chi connectivity index (χ1v) is 6.08. The number of carbonyl (C=O) groups is 1. The predicted molar refractivity (Wildman–Crippen MR) is 72.7 cm³/mol. The van der Waals surface area contributed by atoms with Crippen molar-refractivity contribution in [2.24, 2.45) is 5.73 Å². The number of nitrogens with two attached hydrogens (primary N) is 1. The molecule has 3 N–H and O–H groups in total. The molecule has 0 saturated heterocycles. The van der Waals surface area contributed by atoms with Crippen LogP contribution in [0.3, 0.4) is 0 Å². The number of hydrogen-bond acceptors (Lipinski definition) is 3. The van der Waals surface area contributed by atoms with Crippen molar-refractivity contribution >= 4 is 5.91 Å². The van der Waals surface area contributed by atoms with E-state index < -0.39 is 5.54 Å². The van der Waals surface area contributed by atoms with Crippen LogP contribution in [0.25, 0.3) is 0 Å². The van der Waals surface area contributed by atoms with Crippen molar-refractivity contribution in [1.82, 2.24) is 5.32 Å². The van der Waals surface area contributed by atoms with Crippen LogP contribution in [0.2, 0.25) is 0 Å². The summed E-state index contributed by atoms with van der Waals surface area (Å²) >= 11 is 0. The van der Waals surface area contributed by atoms with Crippen molar-refractivity contribution in [2.75, 3.05) is 13.7 Å². The zero-order valence-corrected chi connectivity index (χ0v) is 11.5. The number of hydrogen-bond donors (Lipinski definition) is 2. The minimum atomic E-state index is -0.724. The Morgan fingerprint density at radius 3 is 2.67 bits per heavy atom. The van der Waals surface area contributed by atoms with E-state index in [1.165, 1.54) is 5.56 Å². The quantitative estimate of drug-likeness (QED) is 0.805. The highest BCUT2D eigenvalue weighted by molar-refractivity contribution is 5.84. The Morgan fingerprint density at radius 1 is 1.44 bits per heavy atom. The first-order chi connectivity index (χ1) is 8.40. The second kappa shape index (κ2) is 5.87. The van der Waals surface area contributed by atoms with Crippen molar-refractivity contribution in [2.45, 2.75) is 32.7 Å². The molecule has 0 aliphatic rings. The van der Waals surface area contributed by atoms with Gasteiger partial charge in [-0.3, -0.25) is 4.79 Å². The van der Waals surface area contributed by atoms with Crippen LogP contribution >= 0.6 is 0 Å². The number of aryl methyl sites for hydroxylation is 1. The lowest BCUT2D eigenvalue weighted by atomic mass is 9.98. The van der Waals surface area contributed by atoms with Crippen LogP contribution in [0.1, 0.15) is 24.5 Å². The Hall–Kier alpha value is -1.55. The van der Waals surface area contributed by atoms with Gasteiger partial charge in [0.05, 0.1) is 12.1 Å². The molecule has 0 aliphatic heterocycles. The Bertz CT molecular complexity index is 432. The number of ether oxygens (including phenoxy) is 1. The molecule has 0 saturated carbocycles. The third-order valence-corrected chi connectivity index (χ3v) is 3.51. The van der Waals surface area contributed by atoms with E-state index in [4.69, 9.17) is 10.5 Å². The van der Waals surface area contributed by atoms with Gasteiger partial charge in [0, 0.05) is 6.42 Å². The number of benzene rings is 1. The first-order valence-electron chi connectivity index (χ1n) is 6.08. The molecule has 0 spiro atoms. The second-order valence-electron chi connectivity index (χ2n) is 4.74. The van der Waals surface area contributed by atoms with Crippen molar-refractivity contribution in [1.29, 1.82) is 0 Å². The largest absolute Gasteiger partial charge is 0.493 e. The zero-order valence-electron chi connectivity index (χ0n) is 11.5. The second-order valence-corrected chi connectivity index (χ2v) is 4.74. The Labute approximate surface area is 109 Å². The molecule has 0 bridgehead atoms. The normalized spacial score (nSPS) is 14.0. The Morgan fingerprint density at radius 2 is 2.11 bits per heavy atom. The van der Waals surface area contributed by atoms with Gasteiger partial charge in [0.25, 0.3) is 0 Å². The summed E-state index contributed by atoms with van der Waals surface area (Å²) in [4.78, 5) is 11.3. The monoisotopic (exact) mass is 250 g/mol.